The maximum atomic E-state index is 13.9. The fraction of sp³-hybridized carbons (Fsp3) is 0.308. The molecule has 0 amide bonds. The summed E-state index contributed by atoms with van der Waals surface area (Å²) in [5.74, 6) is 0.0519. The van der Waals surface area contributed by atoms with E-state index in [9.17, 15) is 4.79 Å². The quantitative estimate of drug-likeness (QED) is 0.410. The molecule has 1 aliphatic heterocycles. The predicted molar refractivity (Wildman–Crippen MR) is 129 cm³/mol. The molecule has 1 saturated heterocycles. The van der Waals surface area contributed by atoms with Crippen molar-refractivity contribution >= 4 is 22.8 Å². The van der Waals surface area contributed by atoms with Crippen LogP contribution in [0.5, 0.6) is 0 Å². The molecule has 1 aromatic carbocycles. The number of hydrogen-bond donors (Lipinski definition) is 0. The molecule has 2 atom stereocenters. The second kappa shape index (κ2) is 8.69. The topological polar surface area (TPSA) is 69.9 Å². The molecule has 7 heteroatoms. The van der Waals surface area contributed by atoms with Crippen LogP contribution in [-0.4, -0.2) is 26.1 Å². The Bertz CT molecular complexity index is 1400. The largest absolute Gasteiger partial charge is 0.373 e. The van der Waals surface area contributed by atoms with Crippen molar-refractivity contribution in [1.29, 1.82) is 0 Å². The van der Waals surface area contributed by atoms with Gasteiger partial charge in [-0.05, 0) is 87.6 Å². The van der Waals surface area contributed by atoms with Crippen molar-refractivity contribution in [3.05, 3.63) is 92.2 Å². The highest BCUT2D eigenvalue weighted by molar-refractivity contribution is 6.30. The van der Waals surface area contributed by atoms with Crippen LogP contribution >= 0.6 is 11.6 Å². The summed E-state index contributed by atoms with van der Waals surface area (Å²) >= 11 is 6.11. The lowest BCUT2D eigenvalue weighted by atomic mass is 9.87. The number of halogens is 1. The normalized spacial score (nSPS) is 18.5. The minimum Gasteiger partial charge on any atom is -0.373 e. The monoisotopic (exact) mass is 460 g/mol. The summed E-state index contributed by atoms with van der Waals surface area (Å²) in [6.45, 7) is 6.41. The fourth-order valence-electron chi connectivity index (χ4n) is 4.51. The first-order valence-electron chi connectivity index (χ1n) is 11.1. The first-order chi connectivity index (χ1) is 15.9. The van der Waals surface area contributed by atoms with E-state index in [1.165, 1.54) is 0 Å². The van der Waals surface area contributed by atoms with E-state index in [1.54, 1.807) is 16.7 Å². The lowest BCUT2D eigenvalue weighted by Gasteiger charge is -2.30. The lowest BCUT2D eigenvalue weighted by Crippen LogP contribution is -2.29. The first-order valence-corrected chi connectivity index (χ1v) is 11.5. The van der Waals surface area contributed by atoms with Gasteiger partial charge in [-0.1, -0.05) is 11.6 Å². The van der Waals surface area contributed by atoms with Crippen LogP contribution in [0.15, 0.2) is 53.5 Å². The Balaban J connectivity index is 1.65. The van der Waals surface area contributed by atoms with E-state index in [1.807, 2.05) is 51.2 Å². The number of benzene rings is 1. The van der Waals surface area contributed by atoms with E-state index < -0.39 is 0 Å². The third-order valence-electron chi connectivity index (χ3n) is 6.37. The van der Waals surface area contributed by atoms with Gasteiger partial charge < -0.3 is 4.74 Å². The van der Waals surface area contributed by atoms with Gasteiger partial charge in [0.05, 0.1) is 23.2 Å². The summed E-state index contributed by atoms with van der Waals surface area (Å²) in [4.78, 5) is 27.7. The molecule has 0 spiro atoms. The first kappa shape index (κ1) is 21.7. The Labute approximate surface area is 197 Å². The summed E-state index contributed by atoms with van der Waals surface area (Å²) in [5.41, 5.74) is 6.37. The average Bonchev–Trinajstić information content (AvgIpc) is 2.81. The van der Waals surface area contributed by atoms with Crippen LogP contribution in [-0.2, 0) is 4.74 Å². The number of ether oxygens (including phenoxy) is 1. The SMILES string of the molecule is Cc1cc(C2CC(c3cc4nc(C)c(C)nc4n(-c4ccc(Cl)cc4)c3=O)CCO2)ccn1. The minimum atomic E-state index is -0.0737. The van der Waals surface area contributed by atoms with Gasteiger partial charge in [0.2, 0.25) is 0 Å². The molecule has 0 bridgehead atoms. The molecule has 6 nitrogen and oxygen atoms in total. The van der Waals surface area contributed by atoms with E-state index in [2.05, 4.69) is 11.1 Å². The van der Waals surface area contributed by atoms with Crippen molar-refractivity contribution in [2.75, 3.05) is 6.61 Å². The van der Waals surface area contributed by atoms with Gasteiger partial charge >= 0.3 is 0 Å². The smallest absolute Gasteiger partial charge is 0.260 e. The van der Waals surface area contributed by atoms with Gasteiger partial charge in [-0.3, -0.25) is 14.3 Å². The highest BCUT2D eigenvalue weighted by Crippen LogP contribution is 2.37. The average molecular weight is 461 g/mol. The molecule has 4 aromatic rings. The van der Waals surface area contributed by atoms with Crippen molar-refractivity contribution in [2.45, 2.75) is 45.6 Å². The molecular weight excluding hydrogens is 436 g/mol. The number of nitrogens with zero attached hydrogens (tertiary/aromatic N) is 4. The Kier molecular flexibility index (Phi) is 5.72. The van der Waals surface area contributed by atoms with Crippen molar-refractivity contribution < 1.29 is 4.74 Å². The molecule has 4 heterocycles. The zero-order valence-corrected chi connectivity index (χ0v) is 19.6. The van der Waals surface area contributed by atoms with Gasteiger partial charge in [-0.2, -0.15) is 0 Å². The minimum absolute atomic E-state index is 0.0519. The molecule has 0 N–H and O–H groups in total. The molecule has 5 rings (SSSR count). The summed E-state index contributed by atoms with van der Waals surface area (Å²) < 4.78 is 7.75. The zero-order chi connectivity index (χ0) is 23.1. The highest BCUT2D eigenvalue weighted by Gasteiger charge is 2.28. The van der Waals surface area contributed by atoms with Crippen molar-refractivity contribution in [3.63, 3.8) is 0 Å². The molecule has 0 radical (unpaired) electrons. The number of aryl methyl sites for hydroxylation is 3. The van der Waals surface area contributed by atoms with Crippen LogP contribution in [0.4, 0.5) is 0 Å². The predicted octanol–water partition coefficient (Wildman–Crippen LogP) is 5.39. The molecule has 3 aromatic heterocycles. The number of aromatic nitrogens is 4. The van der Waals surface area contributed by atoms with Crippen LogP contribution in [0.1, 0.15) is 53.1 Å². The van der Waals surface area contributed by atoms with E-state index >= 15 is 0 Å². The lowest BCUT2D eigenvalue weighted by molar-refractivity contribution is 0.00498. The molecule has 0 aliphatic carbocycles. The highest BCUT2D eigenvalue weighted by atomic mass is 35.5. The van der Waals surface area contributed by atoms with E-state index in [4.69, 9.17) is 26.3 Å². The Hall–Kier alpha value is -3.09. The van der Waals surface area contributed by atoms with Crippen molar-refractivity contribution in [3.8, 4) is 5.69 Å². The van der Waals surface area contributed by atoms with Crippen LogP contribution in [0.3, 0.4) is 0 Å². The summed E-state index contributed by atoms with van der Waals surface area (Å²) in [5, 5.41) is 0.616. The maximum Gasteiger partial charge on any atom is 0.260 e. The van der Waals surface area contributed by atoms with Gasteiger partial charge in [0.25, 0.3) is 5.56 Å². The standard InChI is InChI=1S/C26H25ClN4O2/c1-15-12-19(8-10-28-15)24-13-18(9-11-33-24)22-14-23-25(30-17(3)16(2)29-23)31(26(22)32)21-6-4-20(27)5-7-21/h4-8,10,12,14,18,24H,9,11,13H2,1-3H3. The Morgan fingerprint density at radius 2 is 1.79 bits per heavy atom. The van der Waals surface area contributed by atoms with Gasteiger partial charge in [0.15, 0.2) is 5.65 Å². The maximum absolute atomic E-state index is 13.9. The second-order valence-electron chi connectivity index (χ2n) is 8.63. The van der Waals surface area contributed by atoms with Gasteiger partial charge in [-0.15, -0.1) is 0 Å². The van der Waals surface area contributed by atoms with E-state index in [-0.39, 0.29) is 17.6 Å². The van der Waals surface area contributed by atoms with E-state index in [0.29, 0.717) is 22.8 Å². The molecule has 2 unspecified atom stereocenters. The molecule has 33 heavy (non-hydrogen) atoms. The Morgan fingerprint density at radius 3 is 2.55 bits per heavy atom. The van der Waals surface area contributed by atoms with Crippen LogP contribution < -0.4 is 5.56 Å². The van der Waals surface area contributed by atoms with Gasteiger partial charge in [0, 0.05) is 29.1 Å². The molecule has 1 aliphatic rings. The number of rotatable bonds is 3. The number of pyridine rings is 2. The molecule has 0 saturated carbocycles. The summed E-state index contributed by atoms with van der Waals surface area (Å²) in [6, 6.07) is 13.2. The van der Waals surface area contributed by atoms with Crippen molar-refractivity contribution in [1.82, 2.24) is 19.5 Å². The van der Waals surface area contributed by atoms with Crippen molar-refractivity contribution in [2.24, 2.45) is 0 Å². The number of fused-ring (bicyclic) bond motifs is 1. The zero-order valence-electron chi connectivity index (χ0n) is 18.9. The third-order valence-corrected chi connectivity index (χ3v) is 6.62. The third kappa shape index (κ3) is 4.16. The molecular formula is C26H25ClN4O2. The summed E-state index contributed by atoms with van der Waals surface area (Å²) in [7, 11) is 0. The molecule has 1 fully saturated rings. The van der Waals surface area contributed by atoms with Crippen LogP contribution in [0, 0.1) is 20.8 Å². The fourth-order valence-corrected chi connectivity index (χ4v) is 4.63. The van der Waals surface area contributed by atoms with Crippen LogP contribution in [0.2, 0.25) is 5.02 Å². The van der Waals surface area contributed by atoms with Gasteiger partial charge in [0.1, 0.15) is 5.52 Å². The molecule has 168 valence electrons. The van der Waals surface area contributed by atoms with E-state index in [0.717, 1.165) is 46.7 Å². The summed E-state index contributed by atoms with van der Waals surface area (Å²) in [6.07, 6.45) is 3.24. The Morgan fingerprint density at radius 1 is 1.03 bits per heavy atom. The van der Waals surface area contributed by atoms with Crippen LogP contribution in [0.25, 0.3) is 16.9 Å². The second-order valence-corrected chi connectivity index (χ2v) is 9.07. The van der Waals surface area contributed by atoms with Gasteiger partial charge in [-0.25, -0.2) is 9.97 Å². The number of hydrogen-bond acceptors (Lipinski definition) is 5.